The highest BCUT2D eigenvalue weighted by atomic mass is 15.4. The predicted octanol–water partition coefficient (Wildman–Crippen LogP) is 1.48. The Balaban J connectivity index is 1.71. The van der Waals surface area contributed by atoms with E-state index in [0.717, 1.165) is 26.1 Å². The van der Waals surface area contributed by atoms with Crippen molar-refractivity contribution in [1.82, 2.24) is 20.3 Å². The Morgan fingerprint density at radius 1 is 1.28 bits per heavy atom. The molecule has 0 saturated carbocycles. The lowest BCUT2D eigenvalue weighted by molar-refractivity contribution is 0.432. The quantitative estimate of drug-likeness (QED) is 0.883. The first-order valence-electron chi connectivity index (χ1n) is 6.54. The molecule has 1 saturated heterocycles. The van der Waals surface area contributed by atoms with Crippen LogP contribution in [-0.2, 0) is 13.0 Å². The molecular formula is C14H18N4. The smallest absolute Gasteiger partial charge is 0.0728 e. The maximum absolute atomic E-state index is 4.21. The monoisotopic (exact) mass is 242 g/mol. The molecule has 0 radical (unpaired) electrons. The van der Waals surface area contributed by atoms with E-state index in [1.165, 1.54) is 17.7 Å². The first-order valence-corrected chi connectivity index (χ1v) is 6.54. The summed E-state index contributed by atoms with van der Waals surface area (Å²) in [6, 6.07) is 10.5. The highest BCUT2D eigenvalue weighted by Crippen LogP contribution is 2.13. The van der Waals surface area contributed by atoms with Crippen LogP contribution in [0.5, 0.6) is 0 Å². The van der Waals surface area contributed by atoms with Gasteiger partial charge in [0.2, 0.25) is 0 Å². The fourth-order valence-corrected chi connectivity index (χ4v) is 2.49. The third kappa shape index (κ3) is 2.59. The summed E-state index contributed by atoms with van der Waals surface area (Å²) in [5.41, 5.74) is 2.51. The van der Waals surface area contributed by atoms with E-state index < -0.39 is 0 Å². The molecule has 94 valence electrons. The van der Waals surface area contributed by atoms with E-state index in [1.54, 1.807) is 0 Å². The number of benzene rings is 1. The number of nitrogens with zero attached hydrogens (tertiary/aromatic N) is 3. The van der Waals surface area contributed by atoms with Crippen molar-refractivity contribution in [2.24, 2.45) is 5.92 Å². The molecule has 1 atom stereocenters. The van der Waals surface area contributed by atoms with Crippen LogP contribution in [0.2, 0.25) is 0 Å². The van der Waals surface area contributed by atoms with Gasteiger partial charge in [0, 0.05) is 13.0 Å². The van der Waals surface area contributed by atoms with Crippen molar-refractivity contribution in [2.45, 2.75) is 19.4 Å². The average molecular weight is 242 g/mol. The predicted molar refractivity (Wildman–Crippen MR) is 70.2 cm³/mol. The SMILES string of the molecule is c1ccc(Cc2cnnn2CC2CCNC2)cc1. The van der Waals surface area contributed by atoms with Crippen LogP contribution in [0.1, 0.15) is 17.7 Å². The zero-order chi connectivity index (χ0) is 12.2. The van der Waals surface area contributed by atoms with E-state index >= 15 is 0 Å². The summed E-state index contributed by atoms with van der Waals surface area (Å²) in [6.45, 7) is 3.22. The molecule has 0 amide bonds. The third-order valence-corrected chi connectivity index (χ3v) is 3.52. The Labute approximate surface area is 107 Å². The van der Waals surface area contributed by atoms with E-state index in [1.807, 2.05) is 12.3 Å². The van der Waals surface area contributed by atoms with Crippen LogP contribution in [0.15, 0.2) is 36.5 Å². The molecule has 1 fully saturated rings. The minimum absolute atomic E-state index is 0.696. The van der Waals surface area contributed by atoms with Gasteiger partial charge >= 0.3 is 0 Å². The molecule has 1 aromatic carbocycles. The molecule has 4 nitrogen and oxygen atoms in total. The second kappa shape index (κ2) is 5.31. The summed E-state index contributed by atoms with van der Waals surface area (Å²) in [5.74, 6) is 0.696. The third-order valence-electron chi connectivity index (χ3n) is 3.52. The summed E-state index contributed by atoms with van der Waals surface area (Å²) >= 11 is 0. The van der Waals surface area contributed by atoms with Crippen LogP contribution in [-0.4, -0.2) is 28.1 Å². The van der Waals surface area contributed by atoms with Gasteiger partial charge in [-0.2, -0.15) is 0 Å². The largest absolute Gasteiger partial charge is 0.316 e. The van der Waals surface area contributed by atoms with Gasteiger partial charge < -0.3 is 5.32 Å². The zero-order valence-corrected chi connectivity index (χ0v) is 10.4. The Morgan fingerprint density at radius 3 is 2.94 bits per heavy atom. The Bertz CT molecular complexity index is 486. The summed E-state index contributed by atoms with van der Waals surface area (Å²) in [5, 5.41) is 11.7. The minimum atomic E-state index is 0.696. The molecule has 2 heterocycles. The van der Waals surface area contributed by atoms with Gasteiger partial charge in [0.05, 0.1) is 11.9 Å². The minimum Gasteiger partial charge on any atom is -0.316 e. The standard InChI is InChI=1S/C14H18N4/c1-2-4-12(5-3-1)8-14-10-16-17-18(14)11-13-6-7-15-9-13/h1-5,10,13,15H,6-9,11H2. The first kappa shape index (κ1) is 11.4. The van der Waals surface area contributed by atoms with Crippen LogP contribution >= 0.6 is 0 Å². The summed E-state index contributed by atoms with van der Waals surface area (Å²) < 4.78 is 2.06. The fraction of sp³-hybridized carbons (Fsp3) is 0.429. The molecular weight excluding hydrogens is 224 g/mol. The van der Waals surface area contributed by atoms with Crippen molar-refractivity contribution in [3.63, 3.8) is 0 Å². The molecule has 1 aliphatic heterocycles. The Morgan fingerprint density at radius 2 is 2.17 bits per heavy atom. The number of nitrogens with one attached hydrogen (secondary N) is 1. The Kier molecular flexibility index (Phi) is 3.37. The lowest BCUT2D eigenvalue weighted by atomic mass is 10.1. The second-order valence-electron chi connectivity index (χ2n) is 4.93. The van der Waals surface area contributed by atoms with E-state index in [0.29, 0.717) is 5.92 Å². The average Bonchev–Trinajstić information content (AvgIpc) is 3.04. The lowest BCUT2D eigenvalue weighted by Crippen LogP contribution is -2.17. The van der Waals surface area contributed by atoms with Gasteiger partial charge in [-0.05, 0) is 31.0 Å². The summed E-state index contributed by atoms with van der Waals surface area (Å²) in [4.78, 5) is 0. The number of aromatic nitrogens is 3. The van der Waals surface area contributed by atoms with Gasteiger partial charge in [0.1, 0.15) is 0 Å². The molecule has 2 aromatic rings. The molecule has 1 N–H and O–H groups in total. The molecule has 1 aromatic heterocycles. The van der Waals surface area contributed by atoms with Gasteiger partial charge in [-0.15, -0.1) is 5.10 Å². The van der Waals surface area contributed by atoms with E-state index in [4.69, 9.17) is 0 Å². The van der Waals surface area contributed by atoms with Crippen LogP contribution in [0.25, 0.3) is 0 Å². The van der Waals surface area contributed by atoms with Crippen molar-refractivity contribution in [3.05, 3.63) is 47.8 Å². The summed E-state index contributed by atoms with van der Waals surface area (Å²) in [7, 11) is 0. The number of hydrogen-bond donors (Lipinski definition) is 1. The van der Waals surface area contributed by atoms with Gasteiger partial charge in [-0.25, -0.2) is 4.68 Å². The van der Waals surface area contributed by atoms with Gasteiger partial charge in [-0.3, -0.25) is 0 Å². The molecule has 0 bridgehead atoms. The lowest BCUT2D eigenvalue weighted by Gasteiger charge is -2.10. The molecule has 3 rings (SSSR count). The molecule has 4 heteroatoms. The van der Waals surface area contributed by atoms with Crippen LogP contribution < -0.4 is 5.32 Å². The van der Waals surface area contributed by atoms with E-state index in [2.05, 4.69) is 44.6 Å². The van der Waals surface area contributed by atoms with Crippen molar-refractivity contribution >= 4 is 0 Å². The van der Waals surface area contributed by atoms with E-state index in [-0.39, 0.29) is 0 Å². The molecule has 1 unspecified atom stereocenters. The first-order chi connectivity index (χ1) is 8.92. The number of hydrogen-bond acceptors (Lipinski definition) is 3. The van der Waals surface area contributed by atoms with Crippen LogP contribution in [0.3, 0.4) is 0 Å². The van der Waals surface area contributed by atoms with Crippen molar-refractivity contribution < 1.29 is 0 Å². The molecule has 1 aliphatic rings. The number of rotatable bonds is 4. The topological polar surface area (TPSA) is 42.7 Å². The normalized spacial score (nSPS) is 19.2. The highest BCUT2D eigenvalue weighted by Gasteiger charge is 2.16. The van der Waals surface area contributed by atoms with Crippen LogP contribution in [0.4, 0.5) is 0 Å². The van der Waals surface area contributed by atoms with Gasteiger partial charge in [0.15, 0.2) is 0 Å². The second-order valence-corrected chi connectivity index (χ2v) is 4.93. The van der Waals surface area contributed by atoms with E-state index in [9.17, 15) is 0 Å². The van der Waals surface area contributed by atoms with Gasteiger partial charge in [0.25, 0.3) is 0 Å². The molecule has 0 aliphatic carbocycles. The molecule has 0 spiro atoms. The maximum atomic E-state index is 4.21. The van der Waals surface area contributed by atoms with Gasteiger partial charge in [-0.1, -0.05) is 35.5 Å². The van der Waals surface area contributed by atoms with Crippen molar-refractivity contribution in [1.29, 1.82) is 0 Å². The fourth-order valence-electron chi connectivity index (χ4n) is 2.49. The van der Waals surface area contributed by atoms with Crippen LogP contribution in [0, 0.1) is 5.92 Å². The maximum Gasteiger partial charge on any atom is 0.0728 e. The highest BCUT2D eigenvalue weighted by molar-refractivity contribution is 5.20. The van der Waals surface area contributed by atoms with Crippen molar-refractivity contribution in [3.8, 4) is 0 Å². The Hall–Kier alpha value is -1.68. The molecule has 18 heavy (non-hydrogen) atoms. The van der Waals surface area contributed by atoms with Crippen molar-refractivity contribution in [2.75, 3.05) is 13.1 Å². The zero-order valence-electron chi connectivity index (χ0n) is 10.4. The summed E-state index contributed by atoms with van der Waals surface area (Å²) in [6.07, 6.45) is 4.04.